The Labute approximate surface area is 108 Å². The van der Waals surface area contributed by atoms with Crippen molar-refractivity contribution in [2.45, 2.75) is 13.0 Å². The normalized spacial score (nSPS) is 11.1. The van der Waals surface area contributed by atoms with E-state index in [2.05, 4.69) is 6.58 Å². The molecule has 1 aromatic rings. The zero-order valence-corrected chi connectivity index (χ0v) is 10.6. The Morgan fingerprint density at radius 1 is 1.67 bits per heavy atom. The molecule has 0 aliphatic heterocycles. The van der Waals surface area contributed by atoms with Gasteiger partial charge in [0.1, 0.15) is 18.3 Å². The summed E-state index contributed by atoms with van der Waals surface area (Å²) in [7, 11) is 0. The largest absolute Gasteiger partial charge is 0.876 e. The number of allylic oxidation sites excluding steroid dienone is 1. The van der Waals surface area contributed by atoms with Crippen LogP contribution in [0.25, 0.3) is 0 Å². The number of carboxylic acid groups (broad SMARTS) is 1. The summed E-state index contributed by atoms with van der Waals surface area (Å²) in [6, 6.07) is 1.42. The second-order valence-electron chi connectivity index (χ2n) is 3.28. The Morgan fingerprint density at radius 2 is 2.22 bits per heavy atom. The van der Waals surface area contributed by atoms with Crippen LogP contribution in [0.15, 0.2) is 23.8 Å². The first kappa shape index (κ1) is 16.4. The Hall–Kier alpha value is -1.57. The van der Waals surface area contributed by atoms with Crippen LogP contribution in [0.2, 0.25) is 0 Å². The quantitative estimate of drug-likeness (QED) is 0.655. The summed E-state index contributed by atoms with van der Waals surface area (Å²) in [5, 5.41) is 37.3. The number of thiophene rings is 1. The molecule has 0 bridgehead atoms. The van der Waals surface area contributed by atoms with Crippen molar-refractivity contribution < 1.29 is 30.0 Å². The van der Waals surface area contributed by atoms with Gasteiger partial charge in [0, 0.05) is 0 Å². The van der Waals surface area contributed by atoms with E-state index in [1.54, 1.807) is 5.38 Å². The summed E-state index contributed by atoms with van der Waals surface area (Å²) >= 11 is 1.13. The third-order valence-electron chi connectivity index (χ3n) is 1.48. The molecule has 0 saturated carbocycles. The van der Waals surface area contributed by atoms with E-state index in [4.69, 9.17) is 20.1 Å². The van der Waals surface area contributed by atoms with Crippen molar-refractivity contribution in [2.75, 3.05) is 13.2 Å². The summed E-state index contributed by atoms with van der Waals surface area (Å²) in [4.78, 5) is 10.6. The molecule has 0 radical (unpaired) electrons. The topological polar surface area (TPSA) is 110 Å². The SMILES string of the molecule is C=C(C)[O-].O=C(O)c1ccsc1OCC(O)CO. The van der Waals surface area contributed by atoms with E-state index in [0.717, 1.165) is 11.3 Å². The van der Waals surface area contributed by atoms with Gasteiger partial charge in [-0.3, -0.25) is 0 Å². The monoisotopic (exact) mass is 275 g/mol. The fourth-order valence-electron chi connectivity index (χ4n) is 0.790. The fourth-order valence-corrected chi connectivity index (χ4v) is 1.54. The van der Waals surface area contributed by atoms with Crippen LogP contribution in [0.1, 0.15) is 17.3 Å². The fraction of sp³-hybridized carbons (Fsp3) is 0.364. The Morgan fingerprint density at radius 3 is 2.67 bits per heavy atom. The molecule has 0 fully saturated rings. The van der Waals surface area contributed by atoms with Crippen LogP contribution in [0.3, 0.4) is 0 Å². The molecule has 102 valence electrons. The molecule has 1 heterocycles. The highest BCUT2D eigenvalue weighted by atomic mass is 32.1. The number of aliphatic hydroxyl groups is 2. The second-order valence-corrected chi connectivity index (χ2v) is 4.15. The van der Waals surface area contributed by atoms with Crippen molar-refractivity contribution in [3.63, 3.8) is 0 Å². The maximum atomic E-state index is 10.6. The molecule has 0 aromatic carbocycles. The molecule has 6 nitrogen and oxygen atoms in total. The van der Waals surface area contributed by atoms with Gasteiger partial charge in [0.2, 0.25) is 0 Å². The molecule has 1 aromatic heterocycles. The first-order valence-corrected chi connectivity index (χ1v) is 5.81. The maximum Gasteiger partial charge on any atom is 0.340 e. The molecular formula is C11H15O6S-. The van der Waals surface area contributed by atoms with Gasteiger partial charge in [0.25, 0.3) is 0 Å². The van der Waals surface area contributed by atoms with Crippen molar-refractivity contribution in [3.05, 3.63) is 29.3 Å². The van der Waals surface area contributed by atoms with Gasteiger partial charge in [-0.15, -0.1) is 23.7 Å². The number of hydrogen-bond donors (Lipinski definition) is 3. The average molecular weight is 275 g/mol. The molecule has 18 heavy (non-hydrogen) atoms. The predicted molar refractivity (Wildman–Crippen MR) is 64.7 cm³/mol. The molecule has 1 unspecified atom stereocenters. The lowest BCUT2D eigenvalue weighted by Gasteiger charge is -2.08. The molecule has 0 aliphatic rings. The molecule has 0 saturated heterocycles. The maximum absolute atomic E-state index is 10.6. The van der Waals surface area contributed by atoms with E-state index >= 15 is 0 Å². The Bertz CT molecular complexity index is 383. The standard InChI is InChI=1S/C8H10O5S.C3H6O/c9-3-5(10)4-13-8-6(7(11)12)1-2-14-8;1-3(2)4/h1-2,5,9-10H,3-4H2,(H,11,12);4H,1H2,2H3/p-1. The van der Waals surface area contributed by atoms with E-state index in [9.17, 15) is 9.90 Å². The third kappa shape index (κ3) is 6.89. The van der Waals surface area contributed by atoms with E-state index < -0.39 is 18.7 Å². The van der Waals surface area contributed by atoms with Crippen LogP contribution in [0.5, 0.6) is 5.06 Å². The van der Waals surface area contributed by atoms with E-state index in [0.29, 0.717) is 0 Å². The van der Waals surface area contributed by atoms with Crippen molar-refractivity contribution in [1.29, 1.82) is 0 Å². The average Bonchev–Trinajstić information content (AvgIpc) is 2.73. The summed E-state index contributed by atoms with van der Waals surface area (Å²) in [6.07, 6.45) is -0.987. The number of hydrogen-bond acceptors (Lipinski definition) is 6. The molecular weight excluding hydrogens is 260 g/mol. The zero-order valence-electron chi connectivity index (χ0n) is 9.83. The van der Waals surface area contributed by atoms with Crippen LogP contribution >= 0.6 is 11.3 Å². The first-order chi connectivity index (χ1) is 8.38. The zero-order chi connectivity index (χ0) is 14.1. The molecule has 1 rings (SSSR count). The molecule has 7 heteroatoms. The molecule has 0 spiro atoms. The van der Waals surface area contributed by atoms with Crippen LogP contribution in [0.4, 0.5) is 0 Å². The minimum Gasteiger partial charge on any atom is -0.876 e. The van der Waals surface area contributed by atoms with Crippen molar-refractivity contribution in [1.82, 2.24) is 0 Å². The summed E-state index contributed by atoms with van der Waals surface area (Å²) < 4.78 is 5.02. The van der Waals surface area contributed by atoms with Crippen LogP contribution < -0.4 is 9.84 Å². The van der Waals surface area contributed by atoms with Crippen molar-refractivity contribution >= 4 is 17.3 Å². The highest BCUT2D eigenvalue weighted by Crippen LogP contribution is 2.25. The molecule has 0 aliphatic carbocycles. The second kappa shape index (κ2) is 8.51. The highest BCUT2D eigenvalue weighted by molar-refractivity contribution is 7.12. The smallest absolute Gasteiger partial charge is 0.340 e. The lowest BCUT2D eigenvalue weighted by atomic mass is 10.3. The van der Waals surface area contributed by atoms with Crippen molar-refractivity contribution in [3.8, 4) is 5.06 Å². The number of ether oxygens (including phenoxy) is 1. The third-order valence-corrected chi connectivity index (χ3v) is 2.30. The van der Waals surface area contributed by atoms with Crippen LogP contribution in [-0.4, -0.2) is 40.6 Å². The lowest BCUT2D eigenvalue weighted by Crippen LogP contribution is -2.21. The van der Waals surface area contributed by atoms with Gasteiger partial charge < -0.3 is 25.2 Å². The summed E-state index contributed by atoms with van der Waals surface area (Å²) in [5.74, 6) is -1.15. The number of carboxylic acids is 1. The number of aromatic carboxylic acids is 1. The highest BCUT2D eigenvalue weighted by Gasteiger charge is 2.13. The Balaban J connectivity index is 0.000000631. The Kier molecular flexibility index (Phi) is 7.77. The molecule has 1 atom stereocenters. The van der Waals surface area contributed by atoms with E-state index in [1.807, 2.05) is 0 Å². The van der Waals surface area contributed by atoms with Gasteiger partial charge in [-0.1, -0.05) is 6.92 Å². The van der Waals surface area contributed by atoms with Crippen LogP contribution in [0, 0.1) is 0 Å². The minimum absolute atomic E-state index is 0.0696. The number of aliphatic hydroxyl groups excluding tert-OH is 2. The number of rotatable bonds is 5. The number of carbonyl (C=O) groups is 1. The van der Waals surface area contributed by atoms with Gasteiger partial charge in [-0.25, -0.2) is 4.79 Å². The summed E-state index contributed by atoms with van der Waals surface area (Å²) in [6.45, 7) is 3.89. The first-order valence-electron chi connectivity index (χ1n) is 4.93. The minimum atomic E-state index is -1.07. The van der Waals surface area contributed by atoms with Crippen LogP contribution in [-0.2, 0) is 0 Å². The predicted octanol–water partition coefficient (Wildman–Crippen LogP) is 0.0586. The van der Waals surface area contributed by atoms with Crippen molar-refractivity contribution in [2.24, 2.45) is 0 Å². The molecule has 0 amide bonds. The van der Waals surface area contributed by atoms with Gasteiger partial charge in [-0.05, 0) is 11.4 Å². The van der Waals surface area contributed by atoms with Gasteiger partial charge in [0.05, 0.1) is 6.61 Å². The van der Waals surface area contributed by atoms with E-state index in [1.165, 1.54) is 13.0 Å². The van der Waals surface area contributed by atoms with E-state index in [-0.39, 0.29) is 23.0 Å². The van der Waals surface area contributed by atoms with Gasteiger partial charge in [-0.2, -0.15) is 0 Å². The molecule has 3 N–H and O–H groups in total. The summed E-state index contributed by atoms with van der Waals surface area (Å²) in [5.41, 5.74) is 0.0696. The lowest BCUT2D eigenvalue weighted by molar-refractivity contribution is -0.300. The van der Waals surface area contributed by atoms with Gasteiger partial charge >= 0.3 is 5.97 Å². The van der Waals surface area contributed by atoms with Gasteiger partial charge in [0.15, 0.2) is 5.06 Å².